The minimum absolute atomic E-state index is 0.198. The smallest absolute Gasteiger partial charge is 0.158 e. The summed E-state index contributed by atoms with van der Waals surface area (Å²) in [7, 11) is 0. The maximum Gasteiger partial charge on any atom is 0.158 e. The van der Waals surface area contributed by atoms with Crippen molar-refractivity contribution < 1.29 is 20.4 Å². The molecular weight excluding hydrogens is 336 g/mol. The van der Waals surface area contributed by atoms with Crippen LogP contribution >= 0.6 is 0 Å². The number of aromatic hydroxyl groups is 4. The van der Waals surface area contributed by atoms with E-state index in [4.69, 9.17) is 0 Å². The molecule has 2 rings (SSSR count). The lowest BCUT2D eigenvalue weighted by Crippen LogP contribution is -2.20. The van der Waals surface area contributed by atoms with E-state index in [-0.39, 0.29) is 23.0 Å². The molecule has 0 saturated heterocycles. The summed E-state index contributed by atoms with van der Waals surface area (Å²) in [6, 6.07) is 8.70. The number of phenols is 4. The molecule has 8 nitrogen and oxygen atoms in total. The van der Waals surface area contributed by atoms with Gasteiger partial charge < -0.3 is 20.4 Å². The van der Waals surface area contributed by atoms with E-state index in [1.807, 2.05) is 13.8 Å². The highest BCUT2D eigenvalue weighted by Gasteiger charge is 2.00. The van der Waals surface area contributed by atoms with Crippen molar-refractivity contribution in [1.29, 1.82) is 0 Å². The van der Waals surface area contributed by atoms with Crippen LogP contribution in [0.25, 0.3) is 0 Å². The minimum atomic E-state index is -0.226. The quantitative estimate of drug-likeness (QED) is 0.268. The van der Waals surface area contributed by atoms with Gasteiger partial charge in [0.15, 0.2) is 23.0 Å². The Labute approximate surface area is 150 Å². The lowest BCUT2D eigenvalue weighted by molar-refractivity contribution is 0.403. The summed E-state index contributed by atoms with van der Waals surface area (Å²) >= 11 is 0. The molecule has 0 saturated carbocycles. The zero-order valence-corrected chi connectivity index (χ0v) is 14.3. The van der Waals surface area contributed by atoms with Crippen LogP contribution in [0.2, 0.25) is 0 Å². The molecule has 6 N–H and O–H groups in total. The van der Waals surface area contributed by atoms with Crippen molar-refractivity contribution in [2.24, 2.45) is 10.2 Å². The molecule has 2 aromatic rings. The second kappa shape index (κ2) is 8.43. The average molecular weight is 356 g/mol. The molecule has 0 aromatic heterocycles. The van der Waals surface area contributed by atoms with Gasteiger partial charge in [-0.3, -0.25) is 10.9 Å². The van der Waals surface area contributed by atoms with Crippen molar-refractivity contribution in [1.82, 2.24) is 10.9 Å². The van der Waals surface area contributed by atoms with Gasteiger partial charge in [0.2, 0.25) is 0 Å². The van der Waals surface area contributed by atoms with Gasteiger partial charge in [-0.25, -0.2) is 0 Å². The summed E-state index contributed by atoms with van der Waals surface area (Å²) < 4.78 is 0. The van der Waals surface area contributed by atoms with Gasteiger partial charge >= 0.3 is 0 Å². The van der Waals surface area contributed by atoms with Crippen molar-refractivity contribution in [3.63, 3.8) is 0 Å². The molecule has 0 bridgehead atoms. The molecule has 0 spiro atoms. The number of hydrogen-bond acceptors (Lipinski definition) is 8. The van der Waals surface area contributed by atoms with Gasteiger partial charge in [-0.2, -0.15) is 10.2 Å². The first-order valence-electron chi connectivity index (χ1n) is 7.66. The van der Waals surface area contributed by atoms with Gasteiger partial charge in [-0.05, 0) is 66.9 Å². The molecule has 0 radical (unpaired) electrons. The van der Waals surface area contributed by atoms with E-state index in [9.17, 15) is 20.4 Å². The number of hydrazone groups is 2. The molecule has 0 unspecified atom stereocenters. The standard InChI is InChI=1S/C18H20N4O4/c1-11(2)18(21-19-9-12-3-5-14(23)16(25)7-12)22-20-10-13-4-6-15(24)17(26)8-13/h3-10,21-26H,1-2H3/b19-9+,20-10+. The number of rotatable bonds is 6. The number of phenolic OH excluding ortho intramolecular Hbond substituents is 4. The zero-order valence-electron chi connectivity index (χ0n) is 14.3. The summed E-state index contributed by atoms with van der Waals surface area (Å²) in [5, 5.41) is 45.6. The van der Waals surface area contributed by atoms with E-state index in [2.05, 4.69) is 21.1 Å². The average Bonchev–Trinajstić information content (AvgIpc) is 2.59. The molecule has 136 valence electrons. The Balaban J connectivity index is 1.99. The molecule has 0 amide bonds. The Kier molecular flexibility index (Phi) is 6.05. The second-order valence-electron chi connectivity index (χ2n) is 5.61. The number of benzene rings is 2. The van der Waals surface area contributed by atoms with Gasteiger partial charge in [0.05, 0.1) is 12.4 Å². The fraction of sp³-hybridized carbons (Fsp3) is 0.111. The van der Waals surface area contributed by atoms with Crippen LogP contribution in [-0.2, 0) is 0 Å². The number of hydrogen-bond donors (Lipinski definition) is 6. The zero-order chi connectivity index (χ0) is 19.1. The third-order valence-corrected chi connectivity index (χ3v) is 3.28. The molecule has 0 heterocycles. The van der Waals surface area contributed by atoms with E-state index < -0.39 is 0 Å². The third-order valence-electron chi connectivity index (χ3n) is 3.28. The third kappa shape index (κ3) is 5.17. The predicted octanol–water partition coefficient (Wildman–Crippen LogP) is 2.31. The molecule has 0 aliphatic rings. The van der Waals surface area contributed by atoms with Gasteiger partial charge in [-0.15, -0.1) is 0 Å². The summed E-state index contributed by atoms with van der Waals surface area (Å²) in [6.07, 6.45) is 2.96. The Bertz CT molecular complexity index is 806. The SMILES string of the molecule is CC(C)=C(N/N=C/c1ccc(O)c(O)c1)N/N=C/c1ccc(O)c(O)c1. The van der Waals surface area contributed by atoms with Crippen molar-refractivity contribution in [3.05, 3.63) is 58.9 Å². The molecule has 0 aliphatic carbocycles. The van der Waals surface area contributed by atoms with Crippen LogP contribution in [0.1, 0.15) is 25.0 Å². The summed E-state index contributed by atoms with van der Waals surface area (Å²) in [5.41, 5.74) is 7.69. The van der Waals surface area contributed by atoms with Gasteiger partial charge in [-0.1, -0.05) is 0 Å². The van der Waals surface area contributed by atoms with Crippen molar-refractivity contribution in [2.75, 3.05) is 0 Å². The monoisotopic (exact) mass is 356 g/mol. The largest absolute Gasteiger partial charge is 0.504 e. The Hall–Kier alpha value is -3.68. The van der Waals surface area contributed by atoms with Crippen LogP contribution in [-0.4, -0.2) is 32.9 Å². The molecule has 26 heavy (non-hydrogen) atoms. The number of allylic oxidation sites excluding steroid dienone is 1. The van der Waals surface area contributed by atoms with Crippen LogP contribution in [0.3, 0.4) is 0 Å². The van der Waals surface area contributed by atoms with Crippen molar-refractivity contribution in [2.45, 2.75) is 13.8 Å². The maximum atomic E-state index is 9.45. The highest BCUT2D eigenvalue weighted by Crippen LogP contribution is 2.24. The maximum absolute atomic E-state index is 9.45. The Morgan fingerprint density at radius 1 is 0.731 bits per heavy atom. The summed E-state index contributed by atoms with van der Waals surface area (Å²) in [4.78, 5) is 0. The Morgan fingerprint density at radius 3 is 1.50 bits per heavy atom. The van der Waals surface area contributed by atoms with Gasteiger partial charge in [0.1, 0.15) is 5.82 Å². The highest BCUT2D eigenvalue weighted by atomic mass is 16.3. The topological polar surface area (TPSA) is 130 Å². The normalized spacial score (nSPS) is 11.0. The van der Waals surface area contributed by atoms with E-state index in [0.717, 1.165) is 5.57 Å². The van der Waals surface area contributed by atoms with Crippen LogP contribution in [0.15, 0.2) is 58.0 Å². The molecule has 0 fully saturated rings. The molecule has 8 heteroatoms. The van der Waals surface area contributed by atoms with Crippen molar-refractivity contribution >= 4 is 12.4 Å². The fourth-order valence-electron chi connectivity index (χ4n) is 1.83. The fourth-order valence-corrected chi connectivity index (χ4v) is 1.83. The van der Waals surface area contributed by atoms with Crippen molar-refractivity contribution in [3.8, 4) is 23.0 Å². The van der Waals surface area contributed by atoms with E-state index in [1.54, 1.807) is 12.1 Å². The molecular formula is C18H20N4O4. The minimum Gasteiger partial charge on any atom is -0.504 e. The van der Waals surface area contributed by atoms with E-state index in [0.29, 0.717) is 16.9 Å². The first-order valence-corrected chi connectivity index (χ1v) is 7.66. The van der Waals surface area contributed by atoms with Crippen LogP contribution < -0.4 is 10.9 Å². The first kappa shape index (κ1) is 18.7. The first-order chi connectivity index (χ1) is 12.4. The van der Waals surface area contributed by atoms with Gasteiger partial charge in [0, 0.05) is 0 Å². The van der Waals surface area contributed by atoms with E-state index in [1.165, 1.54) is 36.7 Å². The molecule has 0 aliphatic heterocycles. The summed E-state index contributed by atoms with van der Waals surface area (Å²) in [6.45, 7) is 3.72. The van der Waals surface area contributed by atoms with Crippen LogP contribution in [0.4, 0.5) is 0 Å². The summed E-state index contributed by atoms with van der Waals surface area (Å²) in [5.74, 6) is -0.302. The van der Waals surface area contributed by atoms with Crippen LogP contribution in [0.5, 0.6) is 23.0 Å². The highest BCUT2D eigenvalue weighted by molar-refractivity contribution is 5.81. The van der Waals surface area contributed by atoms with Gasteiger partial charge in [0.25, 0.3) is 0 Å². The Morgan fingerprint density at radius 2 is 1.15 bits per heavy atom. The van der Waals surface area contributed by atoms with Crippen LogP contribution in [0, 0.1) is 0 Å². The number of nitrogens with zero attached hydrogens (tertiary/aromatic N) is 2. The lowest BCUT2D eigenvalue weighted by Gasteiger charge is -2.08. The lowest BCUT2D eigenvalue weighted by atomic mass is 10.2. The second-order valence-corrected chi connectivity index (χ2v) is 5.61. The van der Waals surface area contributed by atoms with E-state index >= 15 is 0 Å². The molecule has 2 aromatic carbocycles. The molecule has 0 atom stereocenters. The number of nitrogens with one attached hydrogen (secondary N) is 2. The predicted molar refractivity (Wildman–Crippen MR) is 99.4 cm³/mol.